The molecule has 0 amide bonds. The molecule has 0 saturated carbocycles. The van der Waals surface area contributed by atoms with E-state index in [2.05, 4.69) is 0 Å². The lowest BCUT2D eigenvalue weighted by molar-refractivity contribution is 0.0337. The summed E-state index contributed by atoms with van der Waals surface area (Å²) in [5.41, 5.74) is 0.310. The third-order valence-electron chi connectivity index (χ3n) is 3.77. The van der Waals surface area contributed by atoms with E-state index >= 15 is 0 Å². The molecule has 0 saturated heterocycles. The summed E-state index contributed by atoms with van der Waals surface area (Å²) in [5, 5.41) is 39.3. The van der Waals surface area contributed by atoms with E-state index < -0.39 is 24.3 Å². The largest absolute Gasteiger partial charge is 0.508 e. The number of esters is 1. The summed E-state index contributed by atoms with van der Waals surface area (Å²) in [7, 11) is 0. The molecule has 24 heavy (non-hydrogen) atoms. The number of phenols is 2. The van der Waals surface area contributed by atoms with Crippen molar-refractivity contribution in [3.8, 4) is 11.5 Å². The molecule has 1 aliphatic rings. The van der Waals surface area contributed by atoms with Crippen molar-refractivity contribution in [1.82, 2.24) is 0 Å². The predicted molar refractivity (Wildman–Crippen MR) is 88.7 cm³/mol. The summed E-state index contributed by atoms with van der Waals surface area (Å²) in [6.07, 6.45) is 5.18. The quantitative estimate of drug-likeness (QED) is 0.428. The van der Waals surface area contributed by atoms with Crippen LogP contribution in [0.4, 0.5) is 0 Å². The number of carbonyl (C=O) groups is 1. The fourth-order valence-electron chi connectivity index (χ4n) is 2.46. The van der Waals surface area contributed by atoms with Crippen LogP contribution in [0.2, 0.25) is 0 Å². The number of aromatic hydroxyl groups is 2. The van der Waals surface area contributed by atoms with Crippen LogP contribution in [0.3, 0.4) is 0 Å². The number of ether oxygens (including phenoxy) is 1. The Kier molecular flexibility index (Phi) is 6.00. The van der Waals surface area contributed by atoms with Crippen LogP contribution in [0, 0.1) is 0 Å². The first-order valence-electron chi connectivity index (χ1n) is 7.84. The van der Waals surface area contributed by atoms with Crippen molar-refractivity contribution in [3.05, 3.63) is 41.5 Å². The Morgan fingerprint density at radius 3 is 2.67 bits per heavy atom. The van der Waals surface area contributed by atoms with Crippen LogP contribution >= 0.6 is 0 Å². The highest BCUT2D eigenvalue weighted by atomic mass is 16.5. The highest BCUT2D eigenvalue weighted by Gasteiger charge is 2.20. The van der Waals surface area contributed by atoms with Gasteiger partial charge in [0.15, 0.2) is 0 Å². The molecule has 130 valence electrons. The van der Waals surface area contributed by atoms with Gasteiger partial charge in [-0.25, -0.2) is 4.79 Å². The Labute approximate surface area is 140 Å². The highest BCUT2D eigenvalue weighted by molar-refractivity contribution is 5.97. The first kappa shape index (κ1) is 18.0. The van der Waals surface area contributed by atoms with Crippen molar-refractivity contribution < 1.29 is 30.0 Å². The number of hydrogen-bond donors (Lipinski definition) is 4. The number of fused-ring (bicyclic) bond motifs is 1. The molecule has 0 aromatic heterocycles. The van der Waals surface area contributed by atoms with E-state index in [1.807, 2.05) is 0 Å². The molecule has 1 aromatic carbocycles. The number of aliphatic hydroxyl groups excluding tert-OH is 2. The molecular formula is C18H22O6. The predicted octanol–water partition coefficient (Wildman–Crippen LogP) is 2.12. The van der Waals surface area contributed by atoms with Crippen molar-refractivity contribution in [2.45, 2.75) is 44.5 Å². The van der Waals surface area contributed by atoms with E-state index in [1.165, 1.54) is 12.1 Å². The minimum atomic E-state index is -0.982. The van der Waals surface area contributed by atoms with Crippen molar-refractivity contribution >= 4 is 12.0 Å². The number of phenolic OH excluding ortho intramolecular Hbond substituents is 2. The maximum atomic E-state index is 12.3. The molecule has 0 radical (unpaired) electrons. The van der Waals surface area contributed by atoms with Crippen molar-refractivity contribution in [2.24, 2.45) is 0 Å². The highest BCUT2D eigenvalue weighted by Crippen LogP contribution is 2.29. The standard InChI is InChI=1S/C18H22O6/c1-11-5-4-8-15(21)14(20)7-3-2-6-12-9-13(19)10-16(22)17(12)18(23)24-11/h2,4,6,8-11,14-15,19-22H,3,5,7H2,1H3/t11-,14-,15-/m0/s1. The van der Waals surface area contributed by atoms with Crippen molar-refractivity contribution in [2.75, 3.05) is 0 Å². The Balaban J connectivity index is 2.36. The maximum Gasteiger partial charge on any atom is 0.342 e. The topological polar surface area (TPSA) is 107 Å². The number of cyclic esters (lactones) is 1. The zero-order chi connectivity index (χ0) is 17.7. The molecule has 0 bridgehead atoms. The summed E-state index contributed by atoms with van der Waals surface area (Å²) < 4.78 is 5.29. The summed E-state index contributed by atoms with van der Waals surface area (Å²) in [6, 6.07) is 2.44. The number of allylic oxidation sites excluding steroid dienone is 1. The number of rotatable bonds is 0. The Morgan fingerprint density at radius 1 is 1.17 bits per heavy atom. The molecule has 0 unspecified atom stereocenters. The lowest BCUT2D eigenvalue weighted by atomic mass is 10.0. The number of hydrogen-bond acceptors (Lipinski definition) is 6. The Hall–Kier alpha value is -2.31. The number of benzene rings is 1. The first-order chi connectivity index (χ1) is 11.4. The Bertz CT molecular complexity index is 649. The van der Waals surface area contributed by atoms with E-state index in [0.29, 0.717) is 24.8 Å². The summed E-state index contributed by atoms with van der Waals surface area (Å²) in [4.78, 5) is 12.3. The van der Waals surface area contributed by atoms with Crippen LogP contribution in [-0.4, -0.2) is 44.7 Å². The molecule has 1 aliphatic heterocycles. The minimum Gasteiger partial charge on any atom is -0.508 e. The van der Waals surface area contributed by atoms with Gasteiger partial charge in [0, 0.05) is 12.5 Å². The molecule has 3 atom stereocenters. The van der Waals surface area contributed by atoms with Gasteiger partial charge in [-0.3, -0.25) is 0 Å². The molecule has 6 heteroatoms. The monoisotopic (exact) mass is 334 g/mol. The van der Waals surface area contributed by atoms with Gasteiger partial charge in [0.05, 0.1) is 12.2 Å². The number of carbonyl (C=O) groups excluding carboxylic acids is 1. The summed E-state index contributed by atoms with van der Waals surface area (Å²) >= 11 is 0. The van der Waals surface area contributed by atoms with Crippen LogP contribution in [0.5, 0.6) is 11.5 Å². The fraction of sp³-hybridized carbons (Fsp3) is 0.389. The fourth-order valence-corrected chi connectivity index (χ4v) is 2.46. The van der Waals surface area contributed by atoms with Crippen LogP contribution in [0.15, 0.2) is 30.4 Å². The molecule has 0 fully saturated rings. The lowest BCUT2D eigenvalue weighted by Crippen LogP contribution is -2.23. The Morgan fingerprint density at radius 2 is 1.92 bits per heavy atom. The van der Waals surface area contributed by atoms with Gasteiger partial charge in [-0.1, -0.05) is 24.3 Å². The van der Waals surface area contributed by atoms with Gasteiger partial charge in [-0.05, 0) is 31.4 Å². The third-order valence-corrected chi connectivity index (χ3v) is 3.77. The second kappa shape index (κ2) is 7.99. The molecule has 1 aromatic rings. The van der Waals surface area contributed by atoms with Gasteiger partial charge < -0.3 is 25.2 Å². The molecule has 1 heterocycles. The van der Waals surface area contributed by atoms with Crippen LogP contribution in [0.1, 0.15) is 42.1 Å². The van der Waals surface area contributed by atoms with E-state index in [1.54, 1.807) is 25.2 Å². The average Bonchev–Trinajstić information content (AvgIpc) is 2.49. The van der Waals surface area contributed by atoms with Gasteiger partial charge in [0.1, 0.15) is 23.2 Å². The maximum absolute atomic E-state index is 12.3. The van der Waals surface area contributed by atoms with E-state index in [9.17, 15) is 25.2 Å². The summed E-state index contributed by atoms with van der Waals surface area (Å²) in [6.45, 7) is 1.68. The van der Waals surface area contributed by atoms with E-state index in [0.717, 1.165) is 6.07 Å². The average molecular weight is 334 g/mol. The zero-order valence-electron chi connectivity index (χ0n) is 13.4. The van der Waals surface area contributed by atoms with Crippen LogP contribution < -0.4 is 0 Å². The van der Waals surface area contributed by atoms with Crippen molar-refractivity contribution in [3.63, 3.8) is 0 Å². The van der Waals surface area contributed by atoms with E-state index in [4.69, 9.17) is 4.74 Å². The van der Waals surface area contributed by atoms with Gasteiger partial charge in [0.25, 0.3) is 0 Å². The molecule has 4 N–H and O–H groups in total. The van der Waals surface area contributed by atoms with Gasteiger partial charge in [-0.15, -0.1) is 0 Å². The molecule has 6 nitrogen and oxygen atoms in total. The second-order valence-electron chi connectivity index (χ2n) is 5.85. The lowest BCUT2D eigenvalue weighted by Gasteiger charge is -2.16. The summed E-state index contributed by atoms with van der Waals surface area (Å²) in [5.74, 6) is -1.22. The normalized spacial score (nSPS) is 25.6. The SMILES string of the molecule is C[C@H]1CC=C[C@H](O)[C@@H](O)CCC=Cc2cc(O)cc(O)c2C(=O)O1. The van der Waals surface area contributed by atoms with Gasteiger partial charge >= 0.3 is 5.97 Å². The van der Waals surface area contributed by atoms with Gasteiger partial charge in [-0.2, -0.15) is 0 Å². The molecular weight excluding hydrogens is 312 g/mol. The van der Waals surface area contributed by atoms with Crippen LogP contribution in [-0.2, 0) is 4.74 Å². The van der Waals surface area contributed by atoms with Gasteiger partial charge in [0.2, 0.25) is 0 Å². The minimum absolute atomic E-state index is 0.0162. The first-order valence-corrected chi connectivity index (χ1v) is 7.84. The molecule has 2 rings (SSSR count). The van der Waals surface area contributed by atoms with E-state index in [-0.39, 0.29) is 17.1 Å². The second-order valence-corrected chi connectivity index (χ2v) is 5.85. The molecule has 0 aliphatic carbocycles. The number of aliphatic hydroxyl groups is 2. The van der Waals surface area contributed by atoms with Crippen molar-refractivity contribution in [1.29, 1.82) is 0 Å². The third kappa shape index (κ3) is 4.59. The smallest absolute Gasteiger partial charge is 0.342 e. The zero-order valence-corrected chi connectivity index (χ0v) is 13.4. The molecule has 0 spiro atoms. The van der Waals surface area contributed by atoms with Crippen LogP contribution in [0.25, 0.3) is 6.08 Å².